The first-order chi connectivity index (χ1) is 15.3. The number of likely N-dealkylation sites (tertiary alicyclic amines) is 1. The molecule has 2 aliphatic rings. The summed E-state index contributed by atoms with van der Waals surface area (Å²) in [4.78, 5) is 5.41. The number of nitrogens with two attached hydrogens (primary N) is 1. The minimum Gasteiger partial charge on any atom is -0.390 e. The summed E-state index contributed by atoms with van der Waals surface area (Å²) < 4.78 is 39.9. The van der Waals surface area contributed by atoms with Crippen molar-refractivity contribution in [3.8, 4) is 0 Å². The molecule has 32 heavy (non-hydrogen) atoms. The van der Waals surface area contributed by atoms with E-state index in [1.807, 2.05) is 13.8 Å². The Kier molecular flexibility index (Phi) is 9.88. The molecule has 1 aromatic rings. The van der Waals surface area contributed by atoms with Gasteiger partial charge in [0.25, 0.3) is 0 Å². The lowest BCUT2D eigenvalue weighted by atomic mass is 9.97. The Morgan fingerprint density at radius 3 is 2.38 bits per heavy atom. The van der Waals surface area contributed by atoms with Gasteiger partial charge in [0.05, 0.1) is 29.6 Å². The van der Waals surface area contributed by atoms with Crippen molar-refractivity contribution in [3.05, 3.63) is 59.7 Å². The summed E-state index contributed by atoms with van der Waals surface area (Å²) in [7, 11) is 0. The van der Waals surface area contributed by atoms with Crippen molar-refractivity contribution in [2.24, 2.45) is 11.7 Å². The van der Waals surface area contributed by atoms with Crippen LogP contribution in [0.3, 0.4) is 0 Å². The lowest BCUT2D eigenvalue weighted by Gasteiger charge is -2.37. The molecule has 1 saturated heterocycles. The smallest absolute Gasteiger partial charge is 0.390 e. The van der Waals surface area contributed by atoms with E-state index in [1.165, 1.54) is 17.8 Å². The Hall–Kier alpha value is -1.74. The van der Waals surface area contributed by atoms with E-state index in [4.69, 9.17) is 5.73 Å². The number of rotatable bonds is 7. The molecule has 1 atom stereocenters. The first-order valence-corrected chi connectivity index (χ1v) is 11.8. The van der Waals surface area contributed by atoms with Crippen molar-refractivity contribution in [3.63, 3.8) is 0 Å². The normalized spacial score (nSPS) is 18.5. The third-order valence-electron chi connectivity index (χ3n) is 5.62. The van der Waals surface area contributed by atoms with Gasteiger partial charge >= 0.3 is 6.18 Å². The molecule has 0 saturated carbocycles. The maximum Gasteiger partial charge on any atom is 0.416 e. The number of fused-ring (bicyclic) bond motifs is 1. The van der Waals surface area contributed by atoms with Crippen LogP contribution >= 0.6 is 11.8 Å². The van der Waals surface area contributed by atoms with E-state index in [0.29, 0.717) is 35.3 Å². The molecule has 2 aliphatic heterocycles. The number of hydrogen-bond donors (Lipinski definition) is 2. The Bertz CT molecular complexity index is 817. The summed E-state index contributed by atoms with van der Waals surface area (Å²) in [6, 6.07) is 3.70. The number of thioether (sulfide) groups is 1. The maximum absolute atomic E-state index is 13.3. The molecule has 0 amide bonds. The van der Waals surface area contributed by atoms with Crippen molar-refractivity contribution in [2.75, 3.05) is 37.6 Å². The van der Waals surface area contributed by atoms with Gasteiger partial charge < -0.3 is 20.6 Å². The van der Waals surface area contributed by atoms with E-state index in [9.17, 15) is 18.3 Å². The molecule has 1 aromatic carbocycles. The standard InChI is InChI=1S/C22H28F3N3OS.C2H6/c1-3-18-20(4-2)30-21-6-5-16(22(23,24)25)11-19(21)28(18)14-17(29)13-27-9-7-15(12-26)8-10-27;1-2/h3-6,11,15,17,29H,1-2,7-10,12-14,26H2;1-2H3. The fraction of sp³-hybridized carbons (Fsp3) is 0.500. The van der Waals surface area contributed by atoms with Gasteiger partial charge in [-0.2, -0.15) is 13.2 Å². The lowest BCUT2D eigenvalue weighted by Crippen LogP contribution is -2.44. The SMILES string of the molecule is C=CC1=C(C=C)N(CC(O)CN2CCC(CN)CC2)c2cc(C(F)(F)F)ccc2S1.CC. The summed E-state index contributed by atoms with van der Waals surface area (Å²) in [6.45, 7) is 14.7. The molecule has 4 nitrogen and oxygen atoms in total. The van der Waals surface area contributed by atoms with E-state index in [0.717, 1.165) is 43.0 Å². The highest BCUT2D eigenvalue weighted by atomic mass is 32.2. The van der Waals surface area contributed by atoms with Gasteiger partial charge in [-0.15, -0.1) is 0 Å². The lowest BCUT2D eigenvalue weighted by molar-refractivity contribution is -0.137. The van der Waals surface area contributed by atoms with Crippen molar-refractivity contribution in [2.45, 2.75) is 43.9 Å². The van der Waals surface area contributed by atoms with Crippen LogP contribution in [0.5, 0.6) is 0 Å². The van der Waals surface area contributed by atoms with Gasteiger partial charge in [0.15, 0.2) is 0 Å². The molecule has 0 bridgehead atoms. The van der Waals surface area contributed by atoms with Crippen molar-refractivity contribution in [1.29, 1.82) is 0 Å². The summed E-state index contributed by atoms with van der Waals surface area (Å²) in [6.07, 6.45) is 0.102. The van der Waals surface area contributed by atoms with Crippen LogP contribution < -0.4 is 10.6 Å². The highest BCUT2D eigenvalue weighted by Crippen LogP contribution is 2.46. The molecule has 1 unspecified atom stereocenters. The Morgan fingerprint density at radius 2 is 1.84 bits per heavy atom. The molecule has 1 fully saturated rings. The van der Waals surface area contributed by atoms with Crippen LogP contribution in [0.1, 0.15) is 32.3 Å². The Balaban J connectivity index is 0.00000176. The van der Waals surface area contributed by atoms with Gasteiger partial charge in [0.2, 0.25) is 0 Å². The summed E-state index contributed by atoms with van der Waals surface area (Å²) in [5.41, 5.74) is 6.11. The molecule has 0 radical (unpaired) electrons. The molecule has 178 valence electrons. The minimum absolute atomic E-state index is 0.171. The summed E-state index contributed by atoms with van der Waals surface area (Å²) in [5, 5.41) is 10.8. The van der Waals surface area contributed by atoms with E-state index < -0.39 is 17.8 Å². The molecular weight excluding hydrogens is 435 g/mol. The van der Waals surface area contributed by atoms with Gasteiger partial charge in [-0.05, 0) is 62.7 Å². The summed E-state index contributed by atoms with van der Waals surface area (Å²) in [5.74, 6) is 0.524. The predicted octanol–water partition coefficient (Wildman–Crippen LogP) is 5.26. The average molecular weight is 470 g/mol. The zero-order valence-corrected chi connectivity index (χ0v) is 19.7. The molecular formula is C24H34F3N3OS. The molecule has 0 aliphatic carbocycles. The van der Waals surface area contributed by atoms with Gasteiger partial charge in [-0.25, -0.2) is 0 Å². The molecule has 0 aromatic heterocycles. The van der Waals surface area contributed by atoms with Crippen LogP contribution in [0.15, 0.2) is 59.0 Å². The summed E-state index contributed by atoms with van der Waals surface area (Å²) >= 11 is 1.36. The number of halogens is 3. The largest absolute Gasteiger partial charge is 0.416 e. The second kappa shape index (κ2) is 11.9. The highest BCUT2D eigenvalue weighted by molar-refractivity contribution is 8.03. The molecule has 8 heteroatoms. The van der Waals surface area contributed by atoms with Crippen molar-refractivity contribution < 1.29 is 18.3 Å². The van der Waals surface area contributed by atoms with E-state index >= 15 is 0 Å². The predicted molar refractivity (Wildman–Crippen MR) is 128 cm³/mol. The number of aliphatic hydroxyl groups is 1. The van der Waals surface area contributed by atoms with Gasteiger partial charge in [-0.1, -0.05) is 44.8 Å². The van der Waals surface area contributed by atoms with Gasteiger partial charge in [0, 0.05) is 16.3 Å². The highest BCUT2D eigenvalue weighted by Gasteiger charge is 2.34. The topological polar surface area (TPSA) is 52.7 Å². The van der Waals surface area contributed by atoms with Gasteiger partial charge in [-0.3, -0.25) is 0 Å². The number of hydrogen-bond acceptors (Lipinski definition) is 5. The van der Waals surface area contributed by atoms with Crippen LogP contribution in [0, 0.1) is 5.92 Å². The first-order valence-electron chi connectivity index (χ1n) is 11.0. The zero-order chi connectivity index (χ0) is 23.9. The third kappa shape index (κ3) is 6.41. The zero-order valence-electron chi connectivity index (χ0n) is 18.9. The number of anilines is 1. The molecule has 0 spiro atoms. The van der Waals surface area contributed by atoms with Gasteiger partial charge in [0.1, 0.15) is 0 Å². The third-order valence-corrected chi connectivity index (χ3v) is 6.78. The number of aliphatic hydroxyl groups excluding tert-OH is 1. The monoisotopic (exact) mass is 469 g/mol. The maximum atomic E-state index is 13.3. The van der Waals surface area contributed by atoms with Crippen LogP contribution in [-0.2, 0) is 6.18 Å². The Labute approximate surface area is 193 Å². The first kappa shape index (κ1) is 26.5. The van der Waals surface area contributed by atoms with Crippen LogP contribution in [0.25, 0.3) is 0 Å². The number of allylic oxidation sites excluding steroid dienone is 2. The average Bonchev–Trinajstić information content (AvgIpc) is 2.79. The van der Waals surface area contributed by atoms with E-state index in [2.05, 4.69) is 18.1 Å². The van der Waals surface area contributed by atoms with Crippen molar-refractivity contribution in [1.82, 2.24) is 4.90 Å². The quantitative estimate of drug-likeness (QED) is 0.571. The second-order valence-corrected chi connectivity index (χ2v) is 8.77. The molecule has 3 rings (SSSR count). The van der Waals surface area contributed by atoms with Crippen molar-refractivity contribution >= 4 is 17.4 Å². The number of piperidine rings is 1. The molecule has 2 heterocycles. The molecule has 3 N–H and O–H groups in total. The fourth-order valence-electron chi connectivity index (χ4n) is 3.95. The minimum atomic E-state index is -4.44. The number of alkyl halides is 3. The van der Waals surface area contributed by atoms with Crippen LogP contribution in [0.4, 0.5) is 18.9 Å². The van der Waals surface area contributed by atoms with E-state index in [-0.39, 0.29) is 6.54 Å². The Morgan fingerprint density at radius 1 is 1.19 bits per heavy atom. The van der Waals surface area contributed by atoms with Crippen LogP contribution in [0.2, 0.25) is 0 Å². The second-order valence-electron chi connectivity index (χ2n) is 7.68. The van der Waals surface area contributed by atoms with E-state index in [1.54, 1.807) is 17.1 Å². The number of benzene rings is 1. The number of nitrogens with zero attached hydrogens (tertiary/aromatic N) is 2. The van der Waals surface area contributed by atoms with Crippen LogP contribution in [-0.4, -0.2) is 48.8 Å². The number of β-amino-alcohol motifs (C(OH)–C–C–N with tert-alkyl or cyclic N) is 1. The fourth-order valence-corrected chi connectivity index (χ4v) is 4.98.